The van der Waals surface area contributed by atoms with Crippen LogP contribution in [0.2, 0.25) is 0 Å². The smallest absolute Gasteiger partial charge is 0.264 e. The third-order valence-corrected chi connectivity index (χ3v) is 6.83. The number of fused-ring (bicyclic) bond motifs is 1. The topological polar surface area (TPSA) is 166 Å². The molecule has 0 aliphatic heterocycles. The maximum atomic E-state index is 12.7. The summed E-state index contributed by atoms with van der Waals surface area (Å²) >= 11 is 0. The monoisotopic (exact) mass is 462 g/mol. The molecular formula is C17H14N6O6S2. The van der Waals surface area contributed by atoms with Gasteiger partial charge in [-0.15, -0.1) is 0 Å². The maximum Gasteiger partial charge on any atom is 0.264 e. The summed E-state index contributed by atoms with van der Waals surface area (Å²) in [5, 5.41) is 7.23. The van der Waals surface area contributed by atoms with Gasteiger partial charge in [0.25, 0.3) is 20.0 Å². The quantitative estimate of drug-likeness (QED) is 0.412. The van der Waals surface area contributed by atoms with Crippen molar-refractivity contribution < 1.29 is 26.2 Å². The van der Waals surface area contributed by atoms with E-state index in [4.69, 9.17) is 4.74 Å². The number of aromatic nitrogens is 4. The summed E-state index contributed by atoms with van der Waals surface area (Å²) in [4.78, 5) is 7.40. The van der Waals surface area contributed by atoms with Crippen LogP contribution in [-0.2, 0) is 20.0 Å². The van der Waals surface area contributed by atoms with Gasteiger partial charge >= 0.3 is 0 Å². The fourth-order valence-corrected chi connectivity index (χ4v) is 4.82. The van der Waals surface area contributed by atoms with E-state index in [1.807, 2.05) is 0 Å². The van der Waals surface area contributed by atoms with Gasteiger partial charge in [-0.2, -0.15) is 0 Å². The fraction of sp³-hybridized carbons (Fsp3) is 0.0588. The van der Waals surface area contributed by atoms with Crippen LogP contribution in [0.5, 0.6) is 5.88 Å². The lowest BCUT2D eigenvalue weighted by Gasteiger charge is -2.10. The van der Waals surface area contributed by atoms with Gasteiger partial charge in [-0.25, -0.2) is 31.4 Å². The summed E-state index contributed by atoms with van der Waals surface area (Å²) in [7, 11) is -6.61. The van der Waals surface area contributed by atoms with E-state index in [1.165, 1.54) is 49.6 Å². The normalized spacial score (nSPS) is 11.9. The average Bonchev–Trinajstić information content (AvgIpc) is 3.22. The van der Waals surface area contributed by atoms with Gasteiger partial charge in [0, 0.05) is 11.8 Å². The van der Waals surface area contributed by atoms with Gasteiger partial charge in [-0.1, -0.05) is 6.07 Å². The lowest BCUT2D eigenvalue weighted by Crippen LogP contribution is -2.15. The summed E-state index contributed by atoms with van der Waals surface area (Å²) in [6.07, 6.45) is 1.15. The number of ether oxygens (including phenoxy) is 1. The number of nitrogens with one attached hydrogen (secondary N) is 2. The molecule has 0 saturated heterocycles. The van der Waals surface area contributed by atoms with Gasteiger partial charge in [-0.3, -0.25) is 9.44 Å². The average molecular weight is 462 g/mol. The minimum atomic E-state index is -4.02. The highest BCUT2D eigenvalue weighted by atomic mass is 32.2. The molecule has 2 aromatic carbocycles. The van der Waals surface area contributed by atoms with Crippen molar-refractivity contribution in [2.45, 2.75) is 9.79 Å². The van der Waals surface area contributed by atoms with Crippen molar-refractivity contribution in [3.63, 3.8) is 0 Å². The van der Waals surface area contributed by atoms with Crippen molar-refractivity contribution in [1.29, 1.82) is 0 Å². The molecule has 31 heavy (non-hydrogen) atoms. The Morgan fingerprint density at radius 1 is 0.903 bits per heavy atom. The van der Waals surface area contributed by atoms with Crippen molar-refractivity contribution in [2.75, 3.05) is 16.6 Å². The van der Waals surface area contributed by atoms with E-state index in [1.54, 1.807) is 6.07 Å². The number of rotatable bonds is 7. The number of hydrogen-bond donors (Lipinski definition) is 2. The van der Waals surface area contributed by atoms with E-state index in [0.717, 1.165) is 6.33 Å². The molecule has 2 aromatic heterocycles. The summed E-state index contributed by atoms with van der Waals surface area (Å²) in [6, 6.07) is 10.9. The van der Waals surface area contributed by atoms with Crippen LogP contribution in [-0.4, -0.2) is 44.2 Å². The van der Waals surface area contributed by atoms with E-state index in [-0.39, 0.29) is 38.2 Å². The predicted octanol–water partition coefficient (Wildman–Crippen LogP) is 1.62. The van der Waals surface area contributed by atoms with Crippen molar-refractivity contribution >= 4 is 42.6 Å². The first-order valence-electron chi connectivity index (χ1n) is 8.51. The standard InChI is InChI=1S/C17H14N6O6S2/c1-28-16-9-15(18-10-19-16)23-30(24,25)12-7-5-11(6-8-12)22-31(26,27)14-4-2-3-13-17(14)21-29-20-13/h2-10,22H,1H3,(H,18,19,23). The molecule has 0 unspecified atom stereocenters. The molecule has 4 aromatic rings. The molecule has 12 nitrogen and oxygen atoms in total. The lowest BCUT2D eigenvalue weighted by atomic mass is 10.3. The maximum absolute atomic E-state index is 12.7. The molecule has 2 N–H and O–H groups in total. The van der Waals surface area contributed by atoms with Crippen LogP contribution in [0.15, 0.2) is 69.3 Å². The van der Waals surface area contributed by atoms with Crippen molar-refractivity contribution in [3.05, 3.63) is 54.9 Å². The molecule has 0 bridgehead atoms. The number of methoxy groups -OCH3 is 1. The van der Waals surface area contributed by atoms with Crippen molar-refractivity contribution in [1.82, 2.24) is 20.3 Å². The molecule has 4 rings (SSSR count). The highest BCUT2D eigenvalue weighted by molar-refractivity contribution is 7.93. The molecule has 0 radical (unpaired) electrons. The van der Waals surface area contributed by atoms with Crippen LogP contribution >= 0.6 is 0 Å². The van der Waals surface area contributed by atoms with Gasteiger partial charge in [0.1, 0.15) is 22.6 Å². The number of benzene rings is 2. The molecule has 0 saturated carbocycles. The van der Waals surface area contributed by atoms with Crippen LogP contribution in [0.4, 0.5) is 11.5 Å². The molecule has 160 valence electrons. The predicted molar refractivity (Wildman–Crippen MR) is 108 cm³/mol. The molecule has 14 heteroatoms. The Labute approximate surface area is 176 Å². The second-order valence-electron chi connectivity index (χ2n) is 6.07. The highest BCUT2D eigenvalue weighted by Crippen LogP contribution is 2.24. The molecule has 0 aliphatic rings. The summed E-state index contributed by atoms with van der Waals surface area (Å²) in [6.45, 7) is 0. The van der Waals surface area contributed by atoms with Crippen LogP contribution in [0.1, 0.15) is 0 Å². The number of hydrogen-bond acceptors (Lipinski definition) is 10. The second kappa shape index (κ2) is 7.81. The number of nitrogens with zero attached hydrogens (tertiary/aromatic N) is 4. The first-order valence-corrected chi connectivity index (χ1v) is 11.5. The summed E-state index contributed by atoms with van der Waals surface area (Å²) in [5.41, 5.74) is 0.520. The molecule has 0 aliphatic carbocycles. The van der Waals surface area contributed by atoms with Crippen LogP contribution < -0.4 is 14.2 Å². The van der Waals surface area contributed by atoms with Gasteiger partial charge in [0.2, 0.25) is 5.88 Å². The van der Waals surface area contributed by atoms with Gasteiger partial charge in [-0.05, 0) is 46.7 Å². The Hall–Kier alpha value is -3.78. The Bertz CT molecular complexity index is 1450. The van der Waals surface area contributed by atoms with Gasteiger partial charge < -0.3 is 4.74 Å². The zero-order valence-corrected chi connectivity index (χ0v) is 17.4. The first kappa shape index (κ1) is 20.5. The van der Waals surface area contributed by atoms with Crippen molar-refractivity contribution in [3.8, 4) is 5.88 Å². The van der Waals surface area contributed by atoms with Crippen LogP contribution in [0, 0.1) is 0 Å². The van der Waals surface area contributed by atoms with E-state index in [2.05, 4.69) is 34.4 Å². The van der Waals surface area contributed by atoms with Gasteiger partial charge in [0.05, 0.1) is 12.0 Å². The van der Waals surface area contributed by atoms with E-state index in [0.29, 0.717) is 0 Å². The van der Waals surface area contributed by atoms with Crippen LogP contribution in [0.3, 0.4) is 0 Å². The molecule has 0 spiro atoms. The Balaban J connectivity index is 1.55. The Morgan fingerprint density at radius 3 is 2.42 bits per heavy atom. The zero-order valence-electron chi connectivity index (χ0n) is 15.8. The SMILES string of the molecule is COc1cc(NS(=O)(=O)c2ccc(NS(=O)(=O)c3cccc4nonc34)cc2)ncn1. The van der Waals surface area contributed by atoms with E-state index < -0.39 is 20.0 Å². The minimum absolute atomic E-state index is 0.0194. The molecule has 0 fully saturated rings. The van der Waals surface area contributed by atoms with Crippen molar-refractivity contribution in [2.24, 2.45) is 0 Å². The Morgan fingerprint density at radius 2 is 1.68 bits per heavy atom. The molecule has 0 amide bonds. The zero-order chi connectivity index (χ0) is 22.1. The van der Waals surface area contributed by atoms with Gasteiger partial charge in [0.15, 0.2) is 5.52 Å². The summed E-state index contributed by atoms with van der Waals surface area (Å²) < 4.78 is 64.7. The third kappa shape index (κ3) is 4.24. The molecular weight excluding hydrogens is 448 g/mol. The first-order chi connectivity index (χ1) is 14.8. The van der Waals surface area contributed by atoms with E-state index >= 15 is 0 Å². The molecule has 2 heterocycles. The fourth-order valence-electron chi connectivity index (χ4n) is 2.61. The Kier molecular flexibility index (Phi) is 5.16. The third-order valence-electron chi connectivity index (χ3n) is 4.05. The number of sulfonamides is 2. The van der Waals surface area contributed by atoms with Crippen LogP contribution in [0.25, 0.3) is 11.0 Å². The highest BCUT2D eigenvalue weighted by Gasteiger charge is 2.21. The number of anilines is 2. The molecule has 0 atom stereocenters. The second-order valence-corrected chi connectivity index (χ2v) is 9.40. The van der Waals surface area contributed by atoms with E-state index in [9.17, 15) is 16.8 Å². The lowest BCUT2D eigenvalue weighted by molar-refractivity contribution is 0.315. The summed E-state index contributed by atoms with van der Waals surface area (Å²) in [5.74, 6) is 0.209. The largest absolute Gasteiger partial charge is 0.481 e. The minimum Gasteiger partial charge on any atom is -0.481 e.